The number of hydrogen-bond acceptors (Lipinski definition) is 2. The molecule has 0 bridgehead atoms. The van der Waals surface area contributed by atoms with Gasteiger partial charge in [-0.3, -0.25) is 5.32 Å². The summed E-state index contributed by atoms with van der Waals surface area (Å²) >= 11 is 0. The van der Waals surface area contributed by atoms with Crippen molar-refractivity contribution in [3.05, 3.63) is 65.7 Å². The van der Waals surface area contributed by atoms with E-state index in [1.165, 1.54) is 5.56 Å². The first-order valence-corrected chi connectivity index (χ1v) is 6.71. The van der Waals surface area contributed by atoms with Crippen LogP contribution < -0.4 is 10.1 Å². The van der Waals surface area contributed by atoms with Gasteiger partial charge in [-0.2, -0.15) is 0 Å². The van der Waals surface area contributed by atoms with Gasteiger partial charge in [0.15, 0.2) is 0 Å². The van der Waals surface area contributed by atoms with Crippen molar-refractivity contribution in [2.45, 2.75) is 13.0 Å². The molecule has 0 radical (unpaired) electrons. The minimum atomic E-state index is 0.269. The highest BCUT2D eigenvalue weighted by atomic mass is 16.5. The monoisotopic (exact) mass is 265 g/mol. The average Bonchev–Trinajstić information content (AvgIpc) is 2.52. The predicted octanol–water partition coefficient (Wildman–Crippen LogP) is 3.40. The molecule has 0 fully saturated rings. The molecule has 20 heavy (non-hydrogen) atoms. The highest BCUT2D eigenvalue weighted by Gasteiger charge is 2.03. The van der Waals surface area contributed by atoms with Crippen LogP contribution in [-0.2, 0) is 0 Å². The van der Waals surface area contributed by atoms with E-state index < -0.39 is 0 Å². The van der Waals surface area contributed by atoms with Crippen LogP contribution in [0.3, 0.4) is 0 Å². The summed E-state index contributed by atoms with van der Waals surface area (Å²) < 4.78 is 5.15. The van der Waals surface area contributed by atoms with Crippen molar-refractivity contribution in [3.63, 3.8) is 0 Å². The van der Waals surface area contributed by atoms with Crippen molar-refractivity contribution in [1.82, 2.24) is 5.32 Å². The molecule has 0 aliphatic carbocycles. The van der Waals surface area contributed by atoms with Crippen molar-refractivity contribution in [2.24, 2.45) is 0 Å². The topological polar surface area (TPSA) is 21.3 Å². The summed E-state index contributed by atoms with van der Waals surface area (Å²) in [6, 6.07) is 18.4. The van der Waals surface area contributed by atoms with Crippen LogP contribution in [0.4, 0.5) is 0 Å². The van der Waals surface area contributed by atoms with Crippen LogP contribution in [0.15, 0.2) is 54.6 Å². The molecule has 102 valence electrons. The lowest BCUT2D eigenvalue weighted by molar-refractivity contribution is 0.414. The zero-order valence-electron chi connectivity index (χ0n) is 11.9. The van der Waals surface area contributed by atoms with Gasteiger partial charge < -0.3 is 4.74 Å². The fourth-order valence-electron chi connectivity index (χ4n) is 1.88. The highest BCUT2D eigenvalue weighted by Crippen LogP contribution is 2.16. The molecule has 2 nitrogen and oxygen atoms in total. The Balaban J connectivity index is 1.86. The van der Waals surface area contributed by atoms with Crippen molar-refractivity contribution < 1.29 is 4.74 Å². The maximum atomic E-state index is 5.15. The summed E-state index contributed by atoms with van der Waals surface area (Å²) in [5, 5.41) is 3.39. The zero-order valence-corrected chi connectivity index (χ0v) is 11.9. The van der Waals surface area contributed by atoms with Crippen molar-refractivity contribution in [1.29, 1.82) is 0 Å². The second-order valence-corrected chi connectivity index (χ2v) is 4.54. The number of methoxy groups -OCH3 is 1. The molecule has 1 unspecified atom stereocenters. The Hall–Kier alpha value is -2.24. The highest BCUT2D eigenvalue weighted by molar-refractivity contribution is 5.34. The van der Waals surface area contributed by atoms with Crippen molar-refractivity contribution in [3.8, 4) is 17.6 Å². The van der Waals surface area contributed by atoms with Crippen LogP contribution in [0.25, 0.3) is 0 Å². The lowest BCUT2D eigenvalue weighted by atomic mass is 10.1. The lowest BCUT2D eigenvalue weighted by Crippen LogP contribution is -2.18. The summed E-state index contributed by atoms with van der Waals surface area (Å²) in [7, 11) is 1.68. The molecule has 0 aromatic heterocycles. The van der Waals surface area contributed by atoms with Crippen LogP contribution in [0.2, 0.25) is 0 Å². The molecular formula is C18H19NO. The van der Waals surface area contributed by atoms with E-state index in [2.05, 4.69) is 36.2 Å². The SMILES string of the molecule is COc1ccc(C(C)NCC#Cc2ccccc2)cc1. The first kappa shape index (κ1) is 14.2. The number of nitrogens with one attached hydrogen (secondary N) is 1. The predicted molar refractivity (Wildman–Crippen MR) is 82.7 cm³/mol. The van der Waals surface area contributed by atoms with Crippen LogP contribution in [0, 0.1) is 11.8 Å². The van der Waals surface area contributed by atoms with E-state index in [0.29, 0.717) is 6.54 Å². The Morgan fingerprint density at radius 1 is 1.05 bits per heavy atom. The summed E-state index contributed by atoms with van der Waals surface area (Å²) in [5.41, 5.74) is 2.28. The molecule has 2 rings (SSSR count). The minimum absolute atomic E-state index is 0.269. The molecule has 0 heterocycles. The van der Waals surface area contributed by atoms with E-state index in [4.69, 9.17) is 4.74 Å². The van der Waals surface area contributed by atoms with Crippen LogP contribution >= 0.6 is 0 Å². The van der Waals surface area contributed by atoms with E-state index >= 15 is 0 Å². The quantitative estimate of drug-likeness (QED) is 0.856. The Kier molecular flexibility index (Phi) is 5.23. The van der Waals surface area contributed by atoms with Crippen LogP contribution in [0.1, 0.15) is 24.1 Å². The largest absolute Gasteiger partial charge is 0.497 e. The van der Waals surface area contributed by atoms with E-state index in [9.17, 15) is 0 Å². The normalized spacial score (nSPS) is 11.3. The van der Waals surface area contributed by atoms with Gasteiger partial charge in [-0.25, -0.2) is 0 Å². The Bertz CT molecular complexity index is 578. The third kappa shape index (κ3) is 4.15. The third-order valence-corrected chi connectivity index (χ3v) is 3.12. The molecule has 2 aromatic rings. The van der Waals surface area contributed by atoms with Gasteiger partial charge in [0, 0.05) is 11.6 Å². The second-order valence-electron chi connectivity index (χ2n) is 4.54. The zero-order chi connectivity index (χ0) is 14.2. The molecular weight excluding hydrogens is 246 g/mol. The standard InChI is InChI=1S/C18H19NO/c1-15(17-10-12-18(20-2)13-11-17)19-14-6-9-16-7-4-3-5-8-16/h3-5,7-8,10-13,15,19H,14H2,1-2H3. The smallest absolute Gasteiger partial charge is 0.118 e. The van der Waals surface area contributed by atoms with Gasteiger partial charge in [-0.05, 0) is 36.8 Å². The fourth-order valence-corrected chi connectivity index (χ4v) is 1.88. The lowest BCUT2D eigenvalue weighted by Gasteiger charge is -2.12. The molecule has 0 aliphatic heterocycles. The maximum absolute atomic E-state index is 5.15. The van der Waals surface area contributed by atoms with Crippen molar-refractivity contribution in [2.75, 3.05) is 13.7 Å². The molecule has 2 heteroatoms. The van der Waals surface area contributed by atoms with Gasteiger partial charge in [0.2, 0.25) is 0 Å². The summed E-state index contributed by atoms with van der Waals surface area (Å²) in [4.78, 5) is 0. The van der Waals surface area contributed by atoms with E-state index in [1.807, 2.05) is 42.5 Å². The molecule has 0 saturated carbocycles. The van der Waals surface area contributed by atoms with Gasteiger partial charge in [-0.15, -0.1) is 0 Å². The second kappa shape index (κ2) is 7.37. The summed E-state index contributed by atoms with van der Waals surface area (Å²) in [5.74, 6) is 7.16. The fraction of sp³-hybridized carbons (Fsp3) is 0.222. The molecule has 0 aliphatic rings. The summed E-state index contributed by atoms with van der Waals surface area (Å²) in [6.07, 6.45) is 0. The Morgan fingerprint density at radius 2 is 1.75 bits per heavy atom. The number of ether oxygens (including phenoxy) is 1. The Morgan fingerprint density at radius 3 is 2.40 bits per heavy atom. The minimum Gasteiger partial charge on any atom is -0.497 e. The first-order chi connectivity index (χ1) is 9.79. The molecule has 2 aromatic carbocycles. The third-order valence-electron chi connectivity index (χ3n) is 3.12. The number of benzene rings is 2. The van der Waals surface area contributed by atoms with Crippen LogP contribution in [-0.4, -0.2) is 13.7 Å². The van der Waals surface area contributed by atoms with Crippen LogP contribution in [0.5, 0.6) is 5.75 Å². The molecule has 0 spiro atoms. The van der Waals surface area contributed by atoms with Gasteiger partial charge >= 0.3 is 0 Å². The molecule has 0 saturated heterocycles. The summed E-state index contributed by atoms with van der Waals surface area (Å²) in [6.45, 7) is 2.80. The van der Waals surface area contributed by atoms with E-state index in [1.54, 1.807) is 7.11 Å². The molecule has 1 atom stereocenters. The first-order valence-electron chi connectivity index (χ1n) is 6.71. The average molecular weight is 265 g/mol. The maximum Gasteiger partial charge on any atom is 0.118 e. The van der Waals surface area contributed by atoms with E-state index in [-0.39, 0.29) is 6.04 Å². The van der Waals surface area contributed by atoms with Gasteiger partial charge in [0.05, 0.1) is 13.7 Å². The van der Waals surface area contributed by atoms with Gasteiger partial charge in [0.25, 0.3) is 0 Å². The van der Waals surface area contributed by atoms with Gasteiger partial charge in [-0.1, -0.05) is 42.2 Å². The van der Waals surface area contributed by atoms with E-state index in [0.717, 1.165) is 11.3 Å². The molecule has 0 amide bonds. The number of hydrogen-bond donors (Lipinski definition) is 1. The van der Waals surface area contributed by atoms with Gasteiger partial charge in [0.1, 0.15) is 5.75 Å². The number of rotatable bonds is 4. The Labute approximate surface area is 120 Å². The van der Waals surface area contributed by atoms with Crippen molar-refractivity contribution >= 4 is 0 Å². The molecule has 1 N–H and O–H groups in total.